The number of hydrogen-bond donors (Lipinski definition) is 2. The molecule has 0 amide bonds. The second-order valence-electron chi connectivity index (χ2n) is 10.1. The smallest absolute Gasteiger partial charge is 0.0142 e. The van der Waals surface area contributed by atoms with Crippen molar-refractivity contribution >= 4 is 0 Å². The molecule has 0 radical (unpaired) electrons. The van der Waals surface area contributed by atoms with E-state index in [9.17, 15) is 0 Å². The highest BCUT2D eigenvalue weighted by atomic mass is 15.1. The first kappa shape index (κ1) is 15.4. The Hall–Kier alpha value is -0.0800. The van der Waals surface area contributed by atoms with Crippen LogP contribution in [0.4, 0.5) is 0 Å². The van der Waals surface area contributed by atoms with E-state index >= 15 is 0 Å². The summed E-state index contributed by atoms with van der Waals surface area (Å²) in [4.78, 5) is 0. The molecule has 1 aliphatic heterocycles. The topological polar surface area (TPSA) is 38.0 Å². The fourth-order valence-electron chi connectivity index (χ4n) is 7.69. The molecule has 22 heavy (non-hydrogen) atoms. The van der Waals surface area contributed by atoms with E-state index in [-0.39, 0.29) is 0 Å². The van der Waals surface area contributed by atoms with Gasteiger partial charge in [-0.1, -0.05) is 27.2 Å². The van der Waals surface area contributed by atoms with Crippen molar-refractivity contribution in [3.8, 4) is 0 Å². The molecule has 3 saturated carbocycles. The van der Waals surface area contributed by atoms with Crippen LogP contribution in [0, 0.1) is 34.0 Å². The zero-order chi connectivity index (χ0) is 15.6. The van der Waals surface area contributed by atoms with Crippen molar-refractivity contribution < 1.29 is 0 Å². The predicted molar refractivity (Wildman–Crippen MR) is 92.6 cm³/mol. The van der Waals surface area contributed by atoms with Crippen molar-refractivity contribution in [1.82, 2.24) is 5.32 Å². The van der Waals surface area contributed by atoms with Crippen molar-refractivity contribution in [2.45, 2.75) is 78.2 Å². The average molecular weight is 305 g/mol. The molecule has 126 valence electrons. The number of rotatable bonds is 1. The van der Waals surface area contributed by atoms with Gasteiger partial charge in [-0.15, -0.1) is 0 Å². The number of nitrogens with one attached hydrogen (secondary N) is 1. The van der Waals surface area contributed by atoms with Crippen molar-refractivity contribution in [1.29, 1.82) is 0 Å². The predicted octanol–water partition coefficient (Wildman–Crippen LogP) is 3.95. The van der Waals surface area contributed by atoms with Crippen LogP contribution in [0.1, 0.15) is 72.1 Å². The lowest BCUT2D eigenvalue weighted by molar-refractivity contribution is -0.167. The van der Waals surface area contributed by atoms with Gasteiger partial charge in [0.2, 0.25) is 0 Å². The third kappa shape index (κ3) is 1.92. The molecule has 4 rings (SSSR count). The third-order valence-electron chi connectivity index (χ3n) is 8.80. The molecule has 1 spiro atoms. The summed E-state index contributed by atoms with van der Waals surface area (Å²) in [6.45, 7) is 9.99. The van der Waals surface area contributed by atoms with Gasteiger partial charge in [-0.2, -0.15) is 0 Å². The van der Waals surface area contributed by atoms with E-state index in [4.69, 9.17) is 5.73 Å². The molecule has 4 fully saturated rings. The maximum atomic E-state index is 6.07. The van der Waals surface area contributed by atoms with Crippen LogP contribution in [-0.2, 0) is 0 Å². The number of hydrogen-bond acceptors (Lipinski definition) is 2. The molecule has 1 saturated heterocycles. The molecule has 1 heterocycles. The minimum absolute atomic E-state index is 0.556. The van der Waals surface area contributed by atoms with Gasteiger partial charge in [-0.05, 0) is 80.1 Å². The zero-order valence-corrected chi connectivity index (χ0v) is 15.0. The Bertz CT molecular complexity index is 445. The summed E-state index contributed by atoms with van der Waals surface area (Å²) in [6.07, 6.45) is 11.5. The SMILES string of the molecule is CC1(C)CCC[C@@]2(C)C1CC[C@@]13CN[C@@H]1CC(CN)CCC23. The van der Waals surface area contributed by atoms with Gasteiger partial charge in [0.1, 0.15) is 0 Å². The van der Waals surface area contributed by atoms with Crippen molar-refractivity contribution in [3.63, 3.8) is 0 Å². The fraction of sp³-hybridized carbons (Fsp3) is 1.00. The quantitative estimate of drug-likeness (QED) is 0.770. The Labute approximate surface area is 137 Å². The monoisotopic (exact) mass is 304 g/mol. The van der Waals surface area contributed by atoms with E-state index in [0.717, 1.165) is 30.3 Å². The van der Waals surface area contributed by atoms with Gasteiger partial charge in [0.25, 0.3) is 0 Å². The van der Waals surface area contributed by atoms with Crippen LogP contribution >= 0.6 is 0 Å². The Balaban J connectivity index is 1.70. The first-order valence-corrected chi connectivity index (χ1v) is 9.86. The molecule has 3 aliphatic carbocycles. The normalized spacial score (nSPS) is 53.5. The van der Waals surface area contributed by atoms with Gasteiger partial charge in [-0.25, -0.2) is 0 Å². The van der Waals surface area contributed by atoms with Gasteiger partial charge in [0.15, 0.2) is 0 Å². The summed E-state index contributed by atoms with van der Waals surface area (Å²) in [7, 11) is 0. The Morgan fingerprint density at radius 1 is 1.00 bits per heavy atom. The summed E-state index contributed by atoms with van der Waals surface area (Å²) in [5.74, 6) is 2.65. The van der Waals surface area contributed by atoms with E-state index in [1.54, 1.807) is 0 Å². The van der Waals surface area contributed by atoms with Gasteiger partial charge >= 0.3 is 0 Å². The second-order valence-corrected chi connectivity index (χ2v) is 10.1. The lowest BCUT2D eigenvalue weighted by Gasteiger charge is -2.68. The molecule has 3 unspecified atom stereocenters. The van der Waals surface area contributed by atoms with Gasteiger partial charge in [-0.3, -0.25) is 0 Å². The lowest BCUT2D eigenvalue weighted by atomic mass is 9.40. The molecular formula is C20H36N2. The Kier molecular flexibility index (Phi) is 3.48. The molecule has 0 aromatic rings. The maximum Gasteiger partial charge on any atom is 0.0142 e. The fourth-order valence-corrected chi connectivity index (χ4v) is 7.69. The number of nitrogens with two attached hydrogens (primary N) is 1. The van der Waals surface area contributed by atoms with Crippen LogP contribution in [0.15, 0.2) is 0 Å². The molecule has 0 aromatic heterocycles. The highest BCUT2D eigenvalue weighted by molar-refractivity contribution is 5.16. The van der Waals surface area contributed by atoms with E-state index < -0.39 is 0 Å². The van der Waals surface area contributed by atoms with E-state index in [0.29, 0.717) is 16.2 Å². The van der Waals surface area contributed by atoms with Crippen molar-refractivity contribution in [2.24, 2.45) is 39.7 Å². The lowest BCUT2D eigenvalue weighted by Crippen LogP contribution is -2.70. The minimum Gasteiger partial charge on any atom is -0.330 e. The van der Waals surface area contributed by atoms with E-state index in [1.807, 2.05) is 0 Å². The first-order chi connectivity index (χ1) is 10.4. The maximum absolute atomic E-state index is 6.07. The zero-order valence-electron chi connectivity index (χ0n) is 15.0. The number of fused-ring (bicyclic) bond motifs is 2. The second kappa shape index (κ2) is 4.96. The van der Waals surface area contributed by atoms with E-state index in [2.05, 4.69) is 26.1 Å². The van der Waals surface area contributed by atoms with Crippen molar-refractivity contribution in [3.05, 3.63) is 0 Å². The van der Waals surface area contributed by atoms with Gasteiger partial charge in [0.05, 0.1) is 0 Å². The summed E-state index contributed by atoms with van der Waals surface area (Å²) in [6, 6.07) is 0.774. The van der Waals surface area contributed by atoms with Crippen LogP contribution in [0.2, 0.25) is 0 Å². The molecule has 2 nitrogen and oxygen atoms in total. The van der Waals surface area contributed by atoms with Crippen molar-refractivity contribution in [2.75, 3.05) is 13.1 Å². The summed E-state index contributed by atoms with van der Waals surface area (Å²) in [5.41, 5.74) is 7.84. The molecule has 4 aliphatic rings. The van der Waals surface area contributed by atoms with Gasteiger partial charge < -0.3 is 11.1 Å². The molecule has 6 atom stereocenters. The standard InChI is InChI=1S/C20H36N2/c1-18(2)8-4-9-19(3)15(18)7-10-20-13-22-17(20)11-14(12-21)5-6-16(19)20/h14-17,22H,4-13,21H2,1-3H3/t14?,15?,16?,17-,19+,20+/m1/s1. The third-order valence-corrected chi connectivity index (χ3v) is 8.80. The van der Waals surface area contributed by atoms with E-state index in [1.165, 1.54) is 57.9 Å². The first-order valence-electron chi connectivity index (χ1n) is 9.86. The van der Waals surface area contributed by atoms with Crippen LogP contribution in [0.25, 0.3) is 0 Å². The highest BCUT2D eigenvalue weighted by Gasteiger charge is 2.64. The van der Waals surface area contributed by atoms with Crippen LogP contribution in [0.3, 0.4) is 0 Å². The highest BCUT2D eigenvalue weighted by Crippen LogP contribution is 2.68. The van der Waals surface area contributed by atoms with Gasteiger partial charge in [0, 0.05) is 18.0 Å². The molecule has 0 bridgehead atoms. The van der Waals surface area contributed by atoms with Crippen LogP contribution in [-0.4, -0.2) is 19.1 Å². The average Bonchev–Trinajstić information content (AvgIpc) is 2.55. The Morgan fingerprint density at radius 3 is 2.50 bits per heavy atom. The summed E-state index contributed by atoms with van der Waals surface area (Å²) >= 11 is 0. The summed E-state index contributed by atoms with van der Waals surface area (Å²) < 4.78 is 0. The van der Waals surface area contributed by atoms with Crippen LogP contribution < -0.4 is 11.1 Å². The van der Waals surface area contributed by atoms with Crippen LogP contribution in [0.5, 0.6) is 0 Å². The Morgan fingerprint density at radius 2 is 1.82 bits per heavy atom. The minimum atomic E-state index is 0.556. The largest absolute Gasteiger partial charge is 0.330 e. The molecular weight excluding hydrogens is 268 g/mol. The summed E-state index contributed by atoms with van der Waals surface area (Å²) in [5, 5.41) is 3.82. The molecule has 0 aromatic carbocycles. The molecule has 3 N–H and O–H groups in total. The molecule has 2 heteroatoms.